The molecule has 2 heteroatoms. The number of hydrogen-bond acceptors (Lipinski definition) is 2. The van der Waals surface area contributed by atoms with Crippen molar-refractivity contribution >= 4 is 0 Å². The summed E-state index contributed by atoms with van der Waals surface area (Å²) in [4.78, 5) is 2.63. The summed E-state index contributed by atoms with van der Waals surface area (Å²) in [5.74, 6) is 1.68. The minimum absolute atomic E-state index is 0.139. The van der Waals surface area contributed by atoms with Crippen molar-refractivity contribution in [1.29, 1.82) is 0 Å². The summed E-state index contributed by atoms with van der Waals surface area (Å²) >= 11 is 0. The van der Waals surface area contributed by atoms with Crippen LogP contribution < -0.4 is 4.74 Å². The zero-order valence-electron chi connectivity index (χ0n) is 18.4. The van der Waals surface area contributed by atoms with Crippen LogP contribution in [0.1, 0.15) is 63.1 Å². The predicted molar refractivity (Wildman–Crippen MR) is 119 cm³/mol. The van der Waals surface area contributed by atoms with Gasteiger partial charge in [-0.3, -0.25) is 4.90 Å². The maximum Gasteiger partial charge on any atom is 0.119 e. The second-order valence-electron chi connectivity index (χ2n) is 8.79. The minimum atomic E-state index is 0.139. The van der Waals surface area contributed by atoms with E-state index in [2.05, 4.69) is 81.2 Å². The maximum absolute atomic E-state index is 5.60. The van der Waals surface area contributed by atoms with Crippen LogP contribution >= 0.6 is 0 Å². The highest BCUT2D eigenvalue weighted by atomic mass is 16.5. The highest BCUT2D eigenvalue weighted by molar-refractivity contribution is 5.44. The van der Waals surface area contributed by atoms with Crippen molar-refractivity contribution in [2.45, 2.75) is 70.9 Å². The van der Waals surface area contributed by atoms with E-state index in [1.54, 1.807) is 7.11 Å². The Hall–Kier alpha value is -1.80. The van der Waals surface area contributed by atoms with Crippen LogP contribution in [-0.4, -0.2) is 25.1 Å². The molecule has 3 rings (SSSR count). The minimum Gasteiger partial charge on any atom is -0.497 e. The topological polar surface area (TPSA) is 12.5 Å². The Bertz CT molecular complexity index is 756. The Morgan fingerprint density at radius 1 is 1.07 bits per heavy atom. The van der Waals surface area contributed by atoms with E-state index in [9.17, 15) is 0 Å². The van der Waals surface area contributed by atoms with E-state index >= 15 is 0 Å². The third-order valence-electron chi connectivity index (χ3n) is 6.69. The summed E-state index contributed by atoms with van der Waals surface area (Å²) < 4.78 is 5.60. The van der Waals surface area contributed by atoms with Gasteiger partial charge in [0.05, 0.1) is 7.11 Å². The molecule has 1 aliphatic rings. The van der Waals surface area contributed by atoms with Gasteiger partial charge in [-0.1, -0.05) is 70.0 Å². The molecule has 2 aromatic carbocycles. The van der Waals surface area contributed by atoms with Crippen LogP contribution in [0.5, 0.6) is 5.75 Å². The van der Waals surface area contributed by atoms with Crippen LogP contribution in [0.4, 0.5) is 0 Å². The molecule has 0 aliphatic heterocycles. The summed E-state index contributed by atoms with van der Waals surface area (Å²) in [6.07, 6.45) is 6.11. The van der Waals surface area contributed by atoms with Crippen LogP contribution in [0.15, 0.2) is 48.5 Å². The normalized spacial score (nSPS) is 24.2. The fourth-order valence-corrected chi connectivity index (χ4v) is 5.71. The fraction of sp³-hybridized carbons (Fsp3) is 0.538. The number of benzene rings is 2. The molecular weight excluding hydrogens is 342 g/mol. The van der Waals surface area contributed by atoms with Gasteiger partial charge in [-0.15, -0.1) is 0 Å². The lowest BCUT2D eigenvalue weighted by Gasteiger charge is -2.51. The van der Waals surface area contributed by atoms with Gasteiger partial charge in [0.15, 0.2) is 0 Å². The fourth-order valence-electron chi connectivity index (χ4n) is 5.71. The SMILES string of the molecule is CCC[C@H]1Cc2ccc(OC)cc2[C@@](C)(CCC)[C@H]1N(C)Cc1ccccc1. The molecule has 152 valence electrons. The predicted octanol–water partition coefficient (Wildman–Crippen LogP) is 6.23. The number of ether oxygens (including phenoxy) is 1. The molecule has 3 atom stereocenters. The van der Waals surface area contributed by atoms with Crippen LogP contribution in [0.3, 0.4) is 0 Å². The first-order valence-corrected chi connectivity index (χ1v) is 10.9. The highest BCUT2D eigenvalue weighted by Crippen LogP contribution is 2.47. The van der Waals surface area contributed by atoms with E-state index in [1.807, 2.05) is 0 Å². The smallest absolute Gasteiger partial charge is 0.119 e. The van der Waals surface area contributed by atoms with Gasteiger partial charge in [0, 0.05) is 18.0 Å². The molecule has 0 fully saturated rings. The Morgan fingerprint density at radius 2 is 1.82 bits per heavy atom. The maximum atomic E-state index is 5.60. The second-order valence-corrected chi connectivity index (χ2v) is 8.79. The van der Waals surface area contributed by atoms with Crippen LogP contribution in [0.2, 0.25) is 0 Å². The summed E-state index contributed by atoms with van der Waals surface area (Å²) in [5, 5.41) is 0. The van der Waals surface area contributed by atoms with Gasteiger partial charge < -0.3 is 4.74 Å². The van der Waals surface area contributed by atoms with Crippen molar-refractivity contribution in [1.82, 2.24) is 4.90 Å². The Morgan fingerprint density at radius 3 is 2.46 bits per heavy atom. The van der Waals surface area contributed by atoms with Crippen molar-refractivity contribution in [3.05, 3.63) is 65.2 Å². The van der Waals surface area contributed by atoms with E-state index in [-0.39, 0.29) is 5.41 Å². The average molecular weight is 380 g/mol. The number of fused-ring (bicyclic) bond motifs is 1. The van der Waals surface area contributed by atoms with Crippen LogP contribution in [-0.2, 0) is 18.4 Å². The van der Waals surface area contributed by atoms with Gasteiger partial charge in [0.25, 0.3) is 0 Å². The summed E-state index contributed by atoms with van der Waals surface area (Å²) in [6, 6.07) is 18.2. The van der Waals surface area contributed by atoms with Gasteiger partial charge in [-0.2, -0.15) is 0 Å². The van der Waals surface area contributed by atoms with E-state index in [4.69, 9.17) is 4.74 Å². The number of nitrogens with zero attached hydrogens (tertiary/aromatic N) is 1. The highest BCUT2D eigenvalue weighted by Gasteiger charge is 2.46. The Kier molecular flexibility index (Phi) is 6.82. The molecule has 0 saturated heterocycles. The number of hydrogen-bond donors (Lipinski definition) is 0. The molecule has 0 amide bonds. The molecule has 0 saturated carbocycles. The largest absolute Gasteiger partial charge is 0.497 e. The molecule has 1 aliphatic carbocycles. The molecular formula is C26H37NO. The average Bonchev–Trinajstić information content (AvgIpc) is 2.69. The molecule has 2 aromatic rings. The molecule has 2 nitrogen and oxygen atoms in total. The molecule has 0 bridgehead atoms. The quantitative estimate of drug-likeness (QED) is 0.539. The number of likely N-dealkylation sites (N-methyl/N-ethyl adjacent to an activating group) is 1. The summed E-state index contributed by atoms with van der Waals surface area (Å²) in [5.41, 5.74) is 4.57. The van der Waals surface area contributed by atoms with Crippen molar-refractivity contribution in [2.75, 3.05) is 14.2 Å². The molecule has 0 unspecified atom stereocenters. The van der Waals surface area contributed by atoms with Crippen molar-refractivity contribution < 1.29 is 4.74 Å². The van der Waals surface area contributed by atoms with Gasteiger partial charge in [0.2, 0.25) is 0 Å². The third kappa shape index (κ3) is 4.12. The zero-order chi connectivity index (χ0) is 20.1. The first-order chi connectivity index (χ1) is 13.5. The molecule has 28 heavy (non-hydrogen) atoms. The van der Waals surface area contributed by atoms with Gasteiger partial charge in [-0.25, -0.2) is 0 Å². The Balaban J connectivity index is 2.04. The lowest BCUT2D eigenvalue weighted by atomic mass is 9.60. The first kappa shape index (κ1) is 20.9. The van der Waals surface area contributed by atoms with Gasteiger partial charge >= 0.3 is 0 Å². The van der Waals surface area contributed by atoms with Gasteiger partial charge in [0.1, 0.15) is 5.75 Å². The summed E-state index contributed by atoms with van der Waals surface area (Å²) in [7, 11) is 4.11. The van der Waals surface area contributed by atoms with Crippen molar-refractivity contribution in [2.24, 2.45) is 5.92 Å². The van der Waals surface area contributed by atoms with Crippen LogP contribution in [0, 0.1) is 5.92 Å². The van der Waals surface area contributed by atoms with E-state index in [0.29, 0.717) is 12.0 Å². The first-order valence-electron chi connectivity index (χ1n) is 10.9. The molecule has 0 aromatic heterocycles. The van der Waals surface area contributed by atoms with Crippen molar-refractivity contribution in [3.8, 4) is 5.75 Å². The number of methoxy groups -OCH3 is 1. The molecule has 0 heterocycles. The van der Waals surface area contributed by atoms with Gasteiger partial charge in [-0.05, 0) is 61.1 Å². The van der Waals surface area contributed by atoms with E-state index in [1.165, 1.54) is 48.8 Å². The van der Waals surface area contributed by atoms with E-state index in [0.717, 1.165) is 12.3 Å². The second kappa shape index (κ2) is 9.13. The van der Waals surface area contributed by atoms with Crippen LogP contribution in [0.25, 0.3) is 0 Å². The summed E-state index contributed by atoms with van der Waals surface area (Å²) in [6.45, 7) is 8.16. The standard InChI is InChI=1S/C26H37NO/c1-6-11-22-17-21-14-15-23(28-5)18-24(21)26(3,16-7-2)25(22)27(4)19-20-12-9-8-10-13-20/h8-10,12-15,18,22,25H,6-7,11,16-17,19H2,1-5H3/t22-,25-,26+/m0/s1. The molecule has 0 N–H and O–H groups in total. The lowest BCUT2D eigenvalue weighted by molar-refractivity contribution is 0.0683. The third-order valence-corrected chi connectivity index (χ3v) is 6.69. The molecule has 0 spiro atoms. The Labute approximate surface area is 171 Å². The van der Waals surface area contributed by atoms with Crippen molar-refractivity contribution in [3.63, 3.8) is 0 Å². The zero-order valence-corrected chi connectivity index (χ0v) is 18.4. The number of rotatable bonds is 8. The monoisotopic (exact) mass is 379 g/mol. The van der Waals surface area contributed by atoms with E-state index < -0.39 is 0 Å². The lowest BCUT2D eigenvalue weighted by Crippen LogP contribution is -2.55. The molecule has 0 radical (unpaired) electrons.